The van der Waals surface area contributed by atoms with Crippen molar-refractivity contribution >= 4 is 32.7 Å². The van der Waals surface area contributed by atoms with Crippen molar-refractivity contribution in [1.29, 1.82) is 0 Å². The molecule has 0 aliphatic carbocycles. The first-order valence-corrected chi connectivity index (χ1v) is 6.81. The fourth-order valence-electron chi connectivity index (χ4n) is 1.95. The highest BCUT2D eigenvalue weighted by Crippen LogP contribution is 2.17. The van der Waals surface area contributed by atoms with Crippen LogP contribution in [0.4, 0.5) is 5.69 Å². The van der Waals surface area contributed by atoms with Gasteiger partial charge in [0.05, 0.1) is 23.3 Å². The first-order valence-electron chi connectivity index (χ1n) is 6.01. The van der Waals surface area contributed by atoms with E-state index in [0.717, 1.165) is 32.7 Å². The highest BCUT2D eigenvalue weighted by molar-refractivity contribution is 9.10. The van der Waals surface area contributed by atoms with Gasteiger partial charge in [0.25, 0.3) is 0 Å². The van der Waals surface area contributed by atoms with Gasteiger partial charge in [0.2, 0.25) is 0 Å². The maximum atomic E-state index is 4.38. The zero-order valence-electron chi connectivity index (χ0n) is 10.4. The second-order valence-corrected chi connectivity index (χ2v) is 5.29. The Labute approximate surface area is 119 Å². The summed E-state index contributed by atoms with van der Waals surface area (Å²) in [5, 5.41) is 3.36. The summed E-state index contributed by atoms with van der Waals surface area (Å²) in [6.45, 7) is 2.66. The fourth-order valence-corrected chi connectivity index (χ4v) is 2.19. The van der Waals surface area contributed by atoms with Gasteiger partial charge in [-0.05, 0) is 53.2 Å². The van der Waals surface area contributed by atoms with Gasteiger partial charge in [0.15, 0.2) is 0 Å². The van der Waals surface area contributed by atoms with Crippen LogP contribution in [0.2, 0.25) is 0 Å². The molecule has 2 heterocycles. The van der Waals surface area contributed by atoms with Crippen LogP contribution in [-0.2, 0) is 6.54 Å². The van der Waals surface area contributed by atoms with E-state index in [1.807, 2.05) is 31.2 Å². The van der Waals surface area contributed by atoms with E-state index in [1.54, 1.807) is 6.20 Å². The molecule has 1 aromatic carbocycles. The number of nitrogens with one attached hydrogen (secondary N) is 2. The molecule has 5 heteroatoms. The molecule has 4 nitrogen and oxygen atoms in total. The normalized spacial score (nSPS) is 10.8. The van der Waals surface area contributed by atoms with Gasteiger partial charge in [-0.2, -0.15) is 0 Å². The molecule has 0 bridgehead atoms. The summed E-state index contributed by atoms with van der Waals surface area (Å²) in [5.74, 6) is 0.932. The summed E-state index contributed by atoms with van der Waals surface area (Å²) in [4.78, 5) is 11.9. The molecule has 0 radical (unpaired) electrons. The zero-order valence-corrected chi connectivity index (χ0v) is 12.0. The van der Waals surface area contributed by atoms with Crippen LogP contribution in [-0.4, -0.2) is 15.0 Å². The number of H-pyrrole nitrogens is 1. The third-order valence-electron chi connectivity index (χ3n) is 2.86. The number of fused-ring (bicyclic) bond motifs is 1. The van der Waals surface area contributed by atoms with Crippen LogP contribution in [0.3, 0.4) is 0 Å². The van der Waals surface area contributed by atoms with Crippen molar-refractivity contribution in [3.63, 3.8) is 0 Å². The topological polar surface area (TPSA) is 53.6 Å². The Hall–Kier alpha value is -1.88. The number of benzene rings is 1. The summed E-state index contributed by atoms with van der Waals surface area (Å²) in [5.41, 5.74) is 4.10. The monoisotopic (exact) mass is 316 g/mol. The summed E-state index contributed by atoms with van der Waals surface area (Å²) in [6, 6.07) is 10.1. The van der Waals surface area contributed by atoms with Crippen molar-refractivity contribution in [1.82, 2.24) is 15.0 Å². The number of anilines is 1. The lowest BCUT2D eigenvalue weighted by atomic mass is 10.2. The van der Waals surface area contributed by atoms with Gasteiger partial charge in [0.1, 0.15) is 5.82 Å². The lowest BCUT2D eigenvalue weighted by Gasteiger charge is -2.05. The maximum absolute atomic E-state index is 4.38. The predicted octanol–water partition coefficient (Wildman–Crippen LogP) is 3.64. The van der Waals surface area contributed by atoms with Crippen LogP contribution in [0.25, 0.3) is 11.0 Å². The molecule has 3 rings (SSSR count). The third-order valence-corrected chi connectivity index (χ3v) is 3.33. The third kappa shape index (κ3) is 2.76. The summed E-state index contributed by atoms with van der Waals surface area (Å²) in [6.07, 6.45) is 1.80. The van der Waals surface area contributed by atoms with Gasteiger partial charge < -0.3 is 10.3 Å². The summed E-state index contributed by atoms with van der Waals surface area (Å²) in [7, 11) is 0. The maximum Gasteiger partial charge on any atom is 0.104 e. The zero-order chi connectivity index (χ0) is 13.2. The van der Waals surface area contributed by atoms with E-state index in [-0.39, 0.29) is 0 Å². The smallest absolute Gasteiger partial charge is 0.104 e. The second-order valence-electron chi connectivity index (χ2n) is 4.38. The molecule has 0 saturated heterocycles. The average molecular weight is 317 g/mol. The van der Waals surface area contributed by atoms with Gasteiger partial charge >= 0.3 is 0 Å². The van der Waals surface area contributed by atoms with Crippen LogP contribution in [0.15, 0.2) is 41.0 Å². The van der Waals surface area contributed by atoms with Crippen LogP contribution >= 0.6 is 15.9 Å². The molecule has 2 N–H and O–H groups in total. The molecule has 0 atom stereocenters. The van der Waals surface area contributed by atoms with Crippen molar-refractivity contribution in [3.05, 3.63) is 52.5 Å². The highest BCUT2D eigenvalue weighted by atomic mass is 79.9. The van der Waals surface area contributed by atoms with Crippen molar-refractivity contribution in [2.75, 3.05) is 5.32 Å². The molecule has 3 aromatic rings. The lowest BCUT2D eigenvalue weighted by molar-refractivity contribution is 1.04. The van der Waals surface area contributed by atoms with Gasteiger partial charge in [-0.3, -0.25) is 4.98 Å². The van der Waals surface area contributed by atoms with Gasteiger partial charge in [0, 0.05) is 16.4 Å². The standard InChI is InChI=1S/C14H13BrN4/c1-9-18-13-5-4-11(6-14(13)19-9)17-8-12-3-2-10(15)7-16-12/h2-7,17H,8H2,1H3,(H,18,19). The van der Waals surface area contributed by atoms with Crippen molar-refractivity contribution in [2.24, 2.45) is 0 Å². The number of hydrogen-bond donors (Lipinski definition) is 2. The van der Waals surface area contributed by atoms with Gasteiger partial charge in [-0.1, -0.05) is 0 Å². The molecule has 0 spiro atoms. The number of aromatic amines is 1. The molecule has 0 amide bonds. The minimum Gasteiger partial charge on any atom is -0.379 e. The number of aryl methyl sites for hydroxylation is 1. The number of halogens is 1. The molecular weight excluding hydrogens is 304 g/mol. The van der Waals surface area contributed by atoms with E-state index in [0.29, 0.717) is 6.54 Å². The first-order chi connectivity index (χ1) is 9.20. The fraction of sp³-hybridized carbons (Fsp3) is 0.143. The Morgan fingerprint density at radius 2 is 2.16 bits per heavy atom. The second kappa shape index (κ2) is 5.01. The molecule has 0 unspecified atom stereocenters. The van der Waals surface area contributed by atoms with Crippen LogP contribution < -0.4 is 5.32 Å². The quantitative estimate of drug-likeness (QED) is 0.775. The summed E-state index contributed by atoms with van der Waals surface area (Å²) < 4.78 is 0.991. The molecule has 19 heavy (non-hydrogen) atoms. The molecule has 0 aliphatic heterocycles. The predicted molar refractivity (Wildman–Crippen MR) is 80.1 cm³/mol. The molecule has 2 aromatic heterocycles. The van der Waals surface area contributed by atoms with Gasteiger partial charge in [-0.25, -0.2) is 4.98 Å². The Morgan fingerprint density at radius 1 is 1.26 bits per heavy atom. The number of pyridine rings is 1. The van der Waals surface area contributed by atoms with Crippen LogP contribution in [0.5, 0.6) is 0 Å². The van der Waals surface area contributed by atoms with Crippen molar-refractivity contribution in [2.45, 2.75) is 13.5 Å². The number of nitrogens with zero attached hydrogens (tertiary/aromatic N) is 2. The highest BCUT2D eigenvalue weighted by Gasteiger charge is 2.01. The van der Waals surface area contributed by atoms with Crippen LogP contribution in [0.1, 0.15) is 11.5 Å². The van der Waals surface area contributed by atoms with E-state index in [9.17, 15) is 0 Å². The van der Waals surface area contributed by atoms with E-state index in [2.05, 4.69) is 42.3 Å². The number of aromatic nitrogens is 3. The van der Waals surface area contributed by atoms with Crippen LogP contribution in [0, 0.1) is 6.92 Å². The minimum absolute atomic E-state index is 0.700. The first kappa shape index (κ1) is 12.2. The van der Waals surface area contributed by atoms with Crippen molar-refractivity contribution in [3.8, 4) is 0 Å². The average Bonchev–Trinajstić information content (AvgIpc) is 2.77. The number of hydrogen-bond acceptors (Lipinski definition) is 3. The van der Waals surface area contributed by atoms with E-state index >= 15 is 0 Å². The number of imidazole rings is 1. The Morgan fingerprint density at radius 3 is 2.95 bits per heavy atom. The molecule has 96 valence electrons. The molecular formula is C14H13BrN4. The van der Waals surface area contributed by atoms with E-state index in [1.165, 1.54) is 0 Å². The Balaban J connectivity index is 1.75. The summed E-state index contributed by atoms with van der Waals surface area (Å²) >= 11 is 3.38. The number of rotatable bonds is 3. The Bertz CT molecular complexity index is 703. The molecule has 0 saturated carbocycles. The Kier molecular flexibility index (Phi) is 3.21. The van der Waals surface area contributed by atoms with E-state index in [4.69, 9.17) is 0 Å². The van der Waals surface area contributed by atoms with E-state index < -0.39 is 0 Å². The SMILES string of the molecule is Cc1nc2ccc(NCc3ccc(Br)cn3)cc2[nH]1. The molecule has 0 aliphatic rings. The minimum atomic E-state index is 0.700. The largest absolute Gasteiger partial charge is 0.379 e. The lowest BCUT2D eigenvalue weighted by Crippen LogP contribution is -2.01. The van der Waals surface area contributed by atoms with Crippen molar-refractivity contribution < 1.29 is 0 Å². The van der Waals surface area contributed by atoms with Gasteiger partial charge in [-0.15, -0.1) is 0 Å². The molecule has 0 fully saturated rings.